The van der Waals surface area contributed by atoms with Gasteiger partial charge in [0.15, 0.2) is 0 Å². The average molecular weight is 491 g/mol. The second-order valence-electron chi connectivity index (χ2n) is 8.33. The number of hydrogen-bond donors (Lipinski definition) is 4. The zero-order chi connectivity index (χ0) is 26.4. The fourth-order valence-corrected chi connectivity index (χ4v) is 4.09. The Morgan fingerprint density at radius 3 is 1.74 bits per heavy atom. The highest BCUT2D eigenvalue weighted by molar-refractivity contribution is 5.90. The predicted molar refractivity (Wildman–Crippen MR) is 129 cm³/mol. The number of nitrogens with zero attached hydrogens (tertiary/aromatic N) is 2. The van der Waals surface area contributed by atoms with Gasteiger partial charge < -0.3 is 25.3 Å². The van der Waals surface area contributed by atoms with E-state index in [1.54, 1.807) is 11.1 Å². The molecule has 0 aromatic heterocycles. The van der Waals surface area contributed by atoms with Gasteiger partial charge in [0.1, 0.15) is 0 Å². The Labute approximate surface area is 204 Å². The second kappa shape index (κ2) is 15.4. The van der Waals surface area contributed by atoms with Crippen LogP contribution in [-0.4, -0.2) is 87.3 Å². The van der Waals surface area contributed by atoms with E-state index in [9.17, 15) is 19.2 Å². The van der Waals surface area contributed by atoms with Gasteiger partial charge in [-0.1, -0.05) is 24.3 Å². The molecule has 0 amide bonds. The van der Waals surface area contributed by atoms with Gasteiger partial charge in [-0.05, 0) is 70.4 Å². The summed E-state index contributed by atoms with van der Waals surface area (Å²) in [7, 11) is 4.59. The van der Waals surface area contributed by atoms with Gasteiger partial charge in [0, 0.05) is 36.4 Å². The van der Waals surface area contributed by atoms with Gasteiger partial charge in [0.2, 0.25) is 0 Å². The fourth-order valence-electron chi connectivity index (χ4n) is 4.09. The summed E-state index contributed by atoms with van der Waals surface area (Å²) in [5, 5.41) is 31.2. The highest BCUT2D eigenvalue weighted by Gasteiger charge is 2.29. The minimum Gasteiger partial charge on any atom is -0.478 e. The van der Waals surface area contributed by atoms with Crippen LogP contribution in [0.3, 0.4) is 0 Å². The normalized spacial score (nSPS) is 18.2. The minimum atomic E-state index is -1.26. The highest BCUT2D eigenvalue weighted by atomic mass is 16.4. The van der Waals surface area contributed by atoms with Crippen molar-refractivity contribution in [2.24, 2.45) is 0 Å². The summed E-state index contributed by atoms with van der Waals surface area (Å²) in [5.41, 5.74) is 3.17. The molecule has 35 heavy (non-hydrogen) atoms. The number of benzene rings is 1. The molecule has 0 bridgehead atoms. The molecule has 0 saturated carbocycles. The van der Waals surface area contributed by atoms with Gasteiger partial charge in [-0.2, -0.15) is 0 Å². The lowest BCUT2D eigenvalue weighted by Gasteiger charge is -2.41. The first-order valence-corrected chi connectivity index (χ1v) is 11.3. The maximum Gasteiger partial charge on any atom is 0.328 e. The predicted octanol–water partition coefficient (Wildman–Crippen LogP) is 2.51. The maximum absolute atomic E-state index is 9.55. The third-order valence-electron chi connectivity index (χ3n) is 5.83. The summed E-state index contributed by atoms with van der Waals surface area (Å²) in [6.45, 7) is 2.51. The van der Waals surface area contributed by atoms with Crippen molar-refractivity contribution in [2.75, 3.05) is 27.2 Å². The molecule has 4 N–H and O–H groups in total. The van der Waals surface area contributed by atoms with Crippen LogP contribution in [0.1, 0.15) is 42.9 Å². The molecule has 1 aromatic carbocycles. The van der Waals surface area contributed by atoms with Gasteiger partial charge in [-0.3, -0.25) is 4.90 Å². The number of carbonyl (C=O) groups is 4. The van der Waals surface area contributed by atoms with E-state index in [0.717, 1.165) is 6.04 Å². The lowest BCUT2D eigenvalue weighted by molar-refractivity contribution is -0.134. The van der Waals surface area contributed by atoms with E-state index >= 15 is 0 Å². The minimum absolute atomic E-state index is 0.558. The number of carboxylic acid groups (broad SMARTS) is 4. The monoisotopic (exact) mass is 490 g/mol. The van der Waals surface area contributed by atoms with Crippen molar-refractivity contribution in [3.05, 3.63) is 59.7 Å². The van der Waals surface area contributed by atoms with Crippen LogP contribution in [0.5, 0.6) is 0 Å². The molecule has 1 aliphatic carbocycles. The maximum atomic E-state index is 9.55. The van der Waals surface area contributed by atoms with Crippen LogP contribution in [0.15, 0.2) is 48.6 Å². The summed E-state index contributed by atoms with van der Waals surface area (Å²) in [5.74, 6) is -5.03. The molecular formula is C25H34N2O8. The molecule has 2 aliphatic rings. The van der Waals surface area contributed by atoms with Gasteiger partial charge in [-0.25, -0.2) is 19.2 Å². The number of aliphatic carboxylic acids is 4. The van der Waals surface area contributed by atoms with E-state index in [4.69, 9.17) is 20.4 Å². The van der Waals surface area contributed by atoms with E-state index < -0.39 is 23.9 Å². The van der Waals surface area contributed by atoms with Crippen molar-refractivity contribution < 1.29 is 39.6 Å². The van der Waals surface area contributed by atoms with Crippen LogP contribution in [0, 0.1) is 0 Å². The Morgan fingerprint density at radius 1 is 0.829 bits per heavy atom. The SMILES string of the molecule is CN1CCC(N(C)[C@H]2CCCc3ccccc32)CC1.O=C(O)/C=C\C(=O)O.O=C(O)/C=C\C(=O)O. The molecule has 1 aliphatic heterocycles. The molecule has 192 valence electrons. The summed E-state index contributed by atoms with van der Waals surface area (Å²) < 4.78 is 0. The Balaban J connectivity index is 0.000000320. The Hall–Kier alpha value is -3.50. The number of fused-ring (bicyclic) bond motifs is 1. The van der Waals surface area contributed by atoms with E-state index in [-0.39, 0.29) is 0 Å². The Morgan fingerprint density at radius 2 is 1.29 bits per heavy atom. The highest BCUT2D eigenvalue weighted by Crippen LogP contribution is 2.35. The second-order valence-corrected chi connectivity index (χ2v) is 8.33. The molecule has 1 heterocycles. The van der Waals surface area contributed by atoms with Gasteiger partial charge in [0.05, 0.1) is 0 Å². The lowest BCUT2D eigenvalue weighted by atomic mass is 9.85. The number of rotatable bonds is 6. The molecule has 1 aromatic rings. The zero-order valence-electron chi connectivity index (χ0n) is 20.0. The molecular weight excluding hydrogens is 456 g/mol. The standard InChI is InChI=1S/C17H26N2.2C4H4O4/c1-18-12-10-15(11-13-18)19(2)17-9-5-7-14-6-3-4-8-16(14)17;2*5-3(6)1-2-4(7)8/h3-4,6,8,15,17H,5,7,9-13H2,1-2H3;2*1-2H,(H,5,6)(H,7,8)/b;2*2-1-/t17-;;/m0../s1. The summed E-state index contributed by atoms with van der Waals surface area (Å²) >= 11 is 0. The molecule has 10 nitrogen and oxygen atoms in total. The van der Waals surface area contributed by atoms with Crippen molar-refractivity contribution in [2.45, 2.75) is 44.2 Å². The number of hydrogen-bond acceptors (Lipinski definition) is 6. The molecule has 1 fully saturated rings. The van der Waals surface area contributed by atoms with Gasteiger partial charge in [-0.15, -0.1) is 0 Å². The van der Waals surface area contributed by atoms with E-state index in [2.05, 4.69) is 48.2 Å². The van der Waals surface area contributed by atoms with Crippen molar-refractivity contribution >= 4 is 23.9 Å². The average Bonchev–Trinajstić information content (AvgIpc) is 2.82. The van der Waals surface area contributed by atoms with Gasteiger partial charge >= 0.3 is 23.9 Å². The molecule has 0 radical (unpaired) electrons. The quantitative estimate of drug-likeness (QED) is 0.437. The Bertz CT molecular complexity index is 854. The van der Waals surface area contributed by atoms with Crippen LogP contribution < -0.4 is 0 Å². The van der Waals surface area contributed by atoms with Crippen LogP contribution in [0.2, 0.25) is 0 Å². The molecule has 10 heteroatoms. The summed E-state index contributed by atoms with van der Waals surface area (Å²) in [4.78, 5) is 43.3. The summed E-state index contributed by atoms with van der Waals surface area (Å²) in [6.07, 6.45) is 8.83. The van der Waals surface area contributed by atoms with Gasteiger partial charge in [0.25, 0.3) is 0 Å². The number of likely N-dealkylation sites (tertiary alicyclic amines) is 1. The lowest BCUT2D eigenvalue weighted by Crippen LogP contribution is -2.44. The van der Waals surface area contributed by atoms with E-state index in [1.165, 1.54) is 45.2 Å². The first kappa shape index (κ1) is 29.5. The number of carboxylic acids is 4. The van der Waals surface area contributed by atoms with Crippen molar-refractivity contribution in [3.63, 3.8) is 0 Å². The number of piperidine rings is 1. The van der Waals surface area contributed by atoms with Crippen molar-refractivity contribution in [3.8, 4) is 0 Å². The van der Waals surface area contributed by atoms with Crippen LogP contribution in [0.4, 0.5) is 0 Å². The van der Waals surface area contributed by atoms with Crippen LogP contribution in [-0.2, 0) is 25.6 Å². The van der Waals surface area contributed by atoms with E-state index in [0.29, 0.717) is 30.3 Å². The first-order chi connectivity index (χ1) is 16.5. The smallest absolute Gasteiger partial charge is 0.328 e. The van der Waals surface area contributed by atoms with E-state index in [1.807, 2.05) is 0 Å². The third-order valence-corrected chi connectivity index (χ3v) is 5.83. The zero-order valence-corrected chi connectivity index (χ0v) is 20.0. The van der Waals surface area contributed by atoms with Crippen molar-refractivity contribution in [1.29, 1.82) is 0 Å². The molecule has 1 saturated heterocycles. The third kappa shape index (κ3) is 12.0. The van der Waals surface area contributed by atoms with Crippen LogP contribution >= 0.6 is 0 Å². The fraction of sp³-hybridized carbons (Fsp3) is 0.440. The van der Waals surface area contributed by atoms with Crippen LogP contribution in [0.25, 0.3) is 0 Å². The summed E-state index contributed by atoms with van der Waals surface area (Å²) in [6, 6.07) is 10.5. The topological polar surface area (TPSA) is 156 Å². The number of aryl methyl sites for hydroxylation is 1. The molecule has 0 spiro atoms. The largest absolute Gasteiger partial charge is 0.478 e. The molecule has 3 rings (SSSR count). The van der Waals surface area contributed by atoms with Crippen molar-refractivity contribution in [1.82, 2.24) is 9.80 Å². The first-order valence-electron chi connectivity index (χ1n) is 11.3. The molecule has 0 unspecified atom stereocenters. The molecule has 1 atom stereocenters. The Kier molecular flexibility index (Phi) is 13.0.